The number of nitrogens with one attached hydrogen (secondary N) is 4. The van der Waals surface area contributed by atoms with Gasteiger partial charge in [0.25, 0.3) is 0 Å². The number of unbranched alkanes of at least 4 members (excludes halogenated alkanes) is 26. The Bertz CT molecular complexity index is 802. The van der Waals surface area contributed by atoms with Crippen LogP contribution in [0.4, 0.5) is 9.59 Å². The van der Waals surface area contributed by atoms with Crippen molar-refractivity contribution in [3.8, 4) is 0 Å². The fourth-order valence-electron chi connectivity index (χ4n) is 6.04. The first-order chi connectivity index (χ1) is 25.3. The van der Waals surface area contributed by atoms with Gasteiger partial charge in [0.05, 0.1) is 0 Å². The Kier molecular flexibility index (Phi) is 37.5. The summed E-state index contributed by atoms with van der Waals surface area (Å²) >= 11 is 0. The Morgan fingerprint density at radius 3 is 0.865 bits per heavy atom. The van der Waals surface area contributed by atoms with Gasteiger partial charge in [-0.1, -0.05) is 202 Å². The maximum Gasteiger partial charge on any atom is 0.327 e. The van der Waals surface area contributed by atoms with Gasteiger partial charge in [-0.2, -0.15) is 0 Å². The van der Waals surface area contributed by atoms with E-state index in [-0.39, 0.29) is 11.5 Å². The first-order valence-corrected chi connectivity index (χ1v) is 23.6. The number of carbonyl (C=O) groups is 4. The standard InChI is InChI=1S/C40H78N4O6S2/c1-3-5-7-9-11-13-15-17-19-21-23-25-27-29-31-41-39(49)43-35(37(45)46)33-51-52-34-36(38(47)48)44-40(50)42-32-30-28-26-24-22-20-18-16-14-12-10-8-6-4-2/h35-36H,3-34H2,1-2H3,(H,45,46)(H,47,48)(H2,41,43,49)(H2,42,44,50). The second kappa shape index (κ2) is 38.9. The van der Waals surface area contributed by atoms with E-state index in [9.17, 15) is 29.4 Å². The van der Waals surface area contributed by atoms with Gasteiger partial charge in [-0.3, -0.25) is 0 Å². The summed E-state index contributed by atoms with van der Waals surface area (Å²) in [7, 11) is 2.30. The minimum absolute atomic E-state index is 0.0595. The molecular weight excluding hydrogens is 697 g/mol. The van der Waals surface area contributed by atoms with Gasteiger partial charge in [0.1, 0.15) is 12.1 Å². The van der Waals surface area contributed by atoms with Crippen LogP contribution >= 0.6 is 21.6 Å². The third-order valence-electron chi connectivity index (χ3n) is 9.39. The number of carbonyl (C=O) groups excluding carboxylic acids is 2. The van der Waals surface area contributed by atoms with Gasteiger partial charge in [-0.25, -0.2) is 19.2 Å². The molecule has 52 heavy (non-hydrogen) atoms. The summed E-state index contributed by atoms with van der Waals surface area (Å²) in [4.78, 5) is 47.9. The zero-order valence-electron chi connectivity index (χ0n) is 33.1. The van der Waals surface area contributed by atoms with Crippen LogP contribution < -0.4 is 21.3 Å². The average molecular weight is 775 g/mol. The zero-order valence-corrected chi connectivity index (χ0v) is 34.8. The average Bonchev–Trinajstić information content (AvgIpc) is 3.12. The van der Waals surface area contributed by atoms with Crippen molar-refractivity contribution in [3.63, 3.8) is 0 Å². The molecule has 0 spiro atoms. The van der Waals surface area contributed by atoms with Crippen LogP contribution in [0.2, 0.25) is 0 Å². The van der Waals surface area contributed by atoms with Crippen molar-refractivity contribution in [1.82, 2.24) is 21.3 Å². The topological polar surface area (TPSA) is 157 Å². The van der Waals surface area contributed by atoms with Gasteiger partial charge in [0.2, 0.25) is 0 Å². The third kappa shape index (κ3) is 35.2. The molecule has 6 N–H and O–H groups in total. The molecule has 2 atom stereocenters. The fraction of sp³-hybridized carbons (Fsp3) is 0.900. The predicted octanol–water partition coefficient (Wildman–Crippen LogP) is 10.8. The summed E-state index contributed by atoms with van der Waals surface area (Å²) in [6, 6.07) is -3.27. The molecule has 0 radical (unpaired) electrons. The molecule has 2 unspecified atom stereocenters. The molecule has 0 fully saturated rings. The summed E-state index contributed by atoms with van der Waals surface area (Å²) in [5.74, 6) is -2.19. The number of carboxylic acids is 2. The third-order valence-corrected chi connectivity index (χ3v) is 11.8. The van der Waals surface area contributed by atoms with E-state index in [2.05, 4.69) is 35.1 Å². The van der Waals surface area contributed by atoms with Crippen molar-refractivity contribution >= 4 is 45.6 Å². The first-order valence-electron chi connectivity index (χ1n) is 21.1. The highest BCUT2D eigenvalue weighted by atomic mass is 33.1. The molecule has 0 aromatic rings. The van der Waals surface area contributed by atoms with Crippen molar-refractivity contribution in [1.29, 1.82) is 0 Å². The van der Waals surface area contributed by atoms with Crippen LogP contribution in [0.5, 0.6) is 0 Å². The van der Waals surface area contributed by atoms with Crippen molar-refractivity contribution in [2.45, 2.75) is 206 Å². The Labute approximate surface area is 325 Å². The molecule has 0 saturated carbocycles. The normalized spacial score (nSPS) is 12.3. The second-order valence-electron chi connectivity index (χ2n) is 14.3. The first kappa shape index (κ1) is 50.2. The van der Waals surface area contributed by atoms with E-state index in [1.54, 1.807) is 0 Å². The molecule has 10 nitrogen and oxygen atoms in total. The number of urea groups is 2. The van der Waals surface area contributed by atoms with Crippen molar-refractivity contribution in [2.24, 2.45) is 0 Å². The highest BCUT2D eigenvalue weighted by molar-refractivity contribution is 8.76. The zero-order chi connectivity index (χ0) is 38.3. The Hall–Kier alpha value is -1.82. The van der Waals surface area contributed by atoms with Crippen LogP contribution in [0.25, 0.3) is 0 Å². The Morgan fingerprint density at radius 2 is 0.635 bits per heavy atom. The summed E-state index contributed by atoms with van der Waals surface area (Å²) in [5, 5.41) is 29.6. The smallest absolute Gasteiger partial charge is 0.327 e. The van der Waals surface area contributed by atoms with E-state index in [0.29, 0.717) is 13.1 Å². The van der Waals surface area contributed by atoms with Crippen molar-refractivity contribution < 1.29 is 29.4 Å². The molecule has 0 aliphatic carbocycles. The Morgan fingerprint density at radius 1 is 0.404 bits per heavy atom. The highest BCUT2D eigenvalue weighted by Gasteiger charge is 2.23. The maximum atomic E-state index is 12.3. The van der Waals surface area contributed by atoms with Crippen molar-refractivity contribution in [3.05, 3.63) is 0 Å². The lowest BCUT2D eigenvalue weighted by Gasteiger charge is -2.16. The number of aliphatic carboxylic acids is 2. The second-order valence-corrected chi connectivity index (χ2v) is 16.9. The molecule has 0 aliphatic rings. The quantitative estimate of drug-likeness (QED) is 0.0266. The molecule has 12 heteroatoms. The summed E-state index contributed by atoms with van der Waals surface area (Å²) < 4.78 is 0. The van der Waals surface area contributed by atoms with Gasteiger partial charge < -0.3 is 31.5 Å². The fourth-order valence-corrected chi connectivity index (χ4v) is 8.35. The SMILES string of the molecule is CCCCCCCCCCCCCCCCNC(=O)NC(CSSCC(NC(=O)NCCCCCCCCCCCCCCCC)C(=O)O)C(=O)O. The van der Waals surface area contributed by atoms with Crippen LogP contribution in [0.3, 0.4) is 0 Å². The minimum atomic E-state index is -1.16. The van der Waals surface area contributed by atoms with E-state index >= 15 is 0 Å². The van der Waals surface area contributed by atoms with Gasteiger partial charge in [-0.15, -0.1) is 0 Å². The summed E-state index contributed by atoms with van der Waals surface area (Å²) in [6.07, 6.45) is 35.2. The van der Waals surface area contributed by atoms with Crippen LogP contribution in [0, 0.1) is 0 Å². The van der Waals surface area contributed by atoms with Crippen LogP contribution in [0.15, 0.2) is 0 Å². The number of hydrogen-bond acceptors (Lipinski definition) is 6. The molecule has 0 aromatic heterocycles. The van der Waals surface area contributed by atoms with Gasteiger partial charge in [-0.05, 0) is 12.8 Å². The molecule has 0 aliphatic heterocycles. The minimum Gasteiger partial charge on any atom is -0.480 e. The van der Waals surface area contributed by atoms with E-state index in [4.69, 9.17) is 0 Å². The molecule has 0 rings (SSSR count). The molecule has 0 heterocycles. The highest BCUT2D eigenvalue weighted by Crippen LogP contribution is 2.23. The number of amides is 4. The summed E-state index contributed by atoms with van der Waals surface area (Å²) in [5.41, 5.74) is 0. The largest absolute Gasteiger partial charge is 0.480 e. The Balaban J connectivity index is 3.88. The molecule has 0 bridgehead atoms. The summed E-state index contributed by atoms with van der Waals surface area (Å²) in [6.45, 7) is 5.48. The van der Waals surface area contributed by atoms with Crippen LogP contribution in [-0.4, -0.2) is 70.9 Å². The van der Waals surface area contributed by atoms with Gasteiger partial charge in [0, 0.05) is 24.6 Å². The molecule has 4 amide bonds. The lowest BCUT2D eigenvalue weighted by molar-refractivity contribution is -0.139. The van der Waals surface area contributed by atoms with E-state index in [1.807, 2.05) is 0 Å². The molecule has 306 valence electrons. The number of carboxylic acid groups (broad SMARTS) is 2. The molecule has 0 saturated heterocycles. The predicted molar refractivity (Wildman–Crippen MR) is 221 cm³/mol. The van der Waals surface area contributed by atoms with Crippen LogP contribution in [0.1, 0.15) is 194 Å². The number of rotatable bonds is 39. The van der Waals surface area contributed by atoms with Gasteiger partial charge in [0.15, 0.2) is 0 Å². The lowest BCUT2D eigenvalue weighted by Crippen LogP contribution is -2.48. The molecule has 0 aromatic carbocycles. The lowest BCUT2D eigenvalue weighted by atomic mass is 10.0. The van der Waals surface area contributed by atoms with E-state index in [0.717, 1.165) is 60.1 Å². The molecular formula is C40H78N4O6S2. The maximum absolute atomic E-state index is 12.3. The van der Waals surface area contributed by atoms with Crippen LogP contribution in [-0.2, 0) is 9.59 Å². The van der Waals surface area contributed by atoms with Crippen molar-refractivity contribution in [2.75, 3.05) is 24.6 Å². The van der Waals surface area contributed by atoms with E-state index < -0.39 is 36.1 Å². The monoisotopic (exact) mass is 775 g/mol. The van der Waals surface area contributed by atoms with E-state index in [1.165, 1.54) is 141 Å². The van der Waals surface area contributed by atoms with Gasteiger partial charge >= 0.3 is 24.0 Å². The number of hydrogen-bond donors (Lipinski definition) is 6.